The first-order chi connectivity index (χ1) is 7.77. The van der Waals surface area contributed by atoms with Crippen LogP contribution in [-0.4, -0.2) is 21.5 Å². The van der Waals surface area contributed by atoms with Gasteiger partial charge in [0, 0.05) is 18.3 Å². The second-order valence-corrected chi connectivity index (χ2v) is 4.85. The molecule has 0 aliphatic heterocycles. The van der Waals surface area contributed by atoms with E-state index in [4.69, 9.17) is 11.6 Å². The summed E-state index contributed by atoms with van der Waals surface area (Å²) in [5.74, 6) is 0.704. The minimum absolute atomic E-state index is 0.408. The molecule has 0 unspecified atom stereocenters. The van der Waals surface area contributed by atoms with E-state index in [0.717, 1.165) is 18.7 Å². The van der Waals surface area contributed by atoms with Crippen LogP contribution >= 0.6 is 38.9 Å². The lowest BCUT2D eigenvalue weighted by molar-refractivity contribution is 0.962. The highest BCUT2D eigenvalue weighted by Crippen LogP contribution is 2.25. The van der Waals surface area contributed by atoms with Crippen LogP contribution in [0.2, 0.25) is 5.15 Å². The normalized spacial score (nSPS) is 10.4. The molecule has 2 aromatic heterocycles. The van der Waals surface area contributed by atoms with Crippen molar-refractivity contribution in [3.63, 3.8) is 0 Å². The average Bonchev–Trinajstić information content (AvgIpc) is 2.77. The summed E-state index contributed by atoms with van der Waals surface area (Å²) in [5, 5.41) is 5.61. The molecular weight excluding hydrogens is 312 g/mol. The van der Waals surface area contributed by atoms with Crippen molar-refractivity contribution in [3.8, 4) is 0 Å². The Bertz CT molecular complexity index is 463. The molecule has 0 aromatic carbocycles. The zero-order valence-corrected chi connectivity index (χ0v) is 11.3. The summed E-state index contributed by atoms with van der Waals surface area (Å²) in [4.78, 5) is 12.1. The molecule has 84 valence electrons. The Labute approximate surface area is 110 Å². The molecular formula is C9H8BrClN4S. The van der Waals surface area contributed by atoms with E-state index in [1.807, 2.05) is 10.9 Å². The molecule has 0 amide bonds. The Morgan fingerprint density at radius 2 is 2.25 bits per heavy atom. The van der Waals surface area contributed by atoms with Crippen LogP contribution in [0, 0.1) is 0 Å². The Kier molecular flexibility index (Phi) is 4.09. The van der Waals surface area contributed by atoms with Crippen molar-refractivity contribution in [2.75, 3.05) is 11.9 Å². The third-order valence-electron chi connectivity index (χ3n) is 1.90. The number of aromatic nitrogens is 3. The maximum absolute atomic E-state index is 5.84. The summed E-state index contributed by atoms with van der Waals surface area (Å²) < 4.78 is 0.690. The van der Waals surface area contributed by atoms with E-state index in [0.29, 0.717) is 15.4 Å². The molecule has 2 rings (SSSR count). The molecule has 7 heteroatoms. The number of thiazole rings is 1. The number of hydrogen-bond acceptors (Lipinski definition) is 5. The number of halogens is 2. The van der Waals surface area contributed by atoms with Crippen molar-refractivity contribution < 1.29 is 0 Å². The van der Waals surface area contributed by atoms with Gasteiger partial charge in [0.05, 0.1) is 15.7 Å². The first kappa shape index (κ1) is 11.8. The maximum Gasteiger partial charge on any atom is 0.148 e. The minimum Gasteiger partial charge on any atom is -0.369 e. The predicted octanol–water partition coefficient (Wildman–Crippen LogP) is 3.00. The van der Waals surface area contributed by atoms with Crippen LogP contribution in [0.25, 0.3) is 0 Å². The molecule has 0 aliphatic carbocycles. The Balaban J connectivity index is 1.92. The first-order valence-corrected chi connectivity index (χ1v) is 6.65. The van der Waals surface area contributed by atoms with Gasteiger partial charge in [-0.3, -0.25) is 0 Å². The van der Waals surface area contributed by atoms with E-state index in [9.17, 15) is 0 Å². The van der Waals surface area contributed by atoms with Gasteiger partial charge in [-0.05, 0) is 15.9 Å². The minimum atomic E-state index is 0.408. The quantitative estimate of drug-likeness (QED) is 0.880. The van der Waals surface area contributed by atoms with Gasteiger partial charge in [-0.1, -0.05) is 11.6 Å². The fraction of sp³-hybridized carbons (Fsp3) is 0.222. The fourth-order valence-corrected chi connectivity index (χ4v) is 2.21. The van der Waals surface area contributed by atoms with Crippen molar-refractivity contribution in [2.45, 2.75) is 6.42 Å². The number of nitrogens with zero attached hydrogens (tertiary/aromatic N) is 3. The highest BCUT2D eigenvalue weighted by atomic mass is 79.9. The molecule has 0 saturated carbocycles. The van der Waals surface area contributed by atoms with Gasteiger partial charge in [0.15, 0.2) is 0 Å². The fourth-order valence-electron chi connectivity index (χ4n) is 1.14. The van der Waals surface area contributed by atoms with Crippen LogP contribution in [-0.2, 0) is 6.42 Å². The van der Waals surface area contributed by atoms with Crippen molar-refractivity contribution in [1.82, 2.24) is 15.0 Å². The SMILES string of the molecule is Clc1ncnc(NCCc2cscn2)c1Br. The van der Waals surface area contributed by atoms with Gasteiger partial charge in [0.1, 0.15) is 17.3 Å². The molecule has 16 heavy (non-hydrogen) atoms. The van der Waals surface area contributed by atoms with E-state index < -0.39 is 0 Å². The van der Waals surface area contributed by atoms with Crippen LogP contribution < -0.4 is 5.32 Å². The van der Waals surface area contributed by atoms with E-state index >= 15 is 0 Å². The lowest BCUT2D eigenvalue weighted by Crippen LogP contribution is -2.07. The van der Waals surface area contributed by atoms with Gasteiger partial charge in [0.2, 0.25) is 0 Å². The largest absolute Gasteiger partial charge is 0.369 e. The van der Waals surface area contributed by atoms with Gasteiger partial charge >= 0.3 is 0 Å². The van der Waals surface area contributed by atoms with Gasteiger partial charge in [-0.25, -0.2) is 15.0 Å². The molecule has 0 aliphatic rings. The van der Waals surface area contributed by atoms with E-state index in [-0.39, 0.29) is 0 Å². The van der Waals surface area contributed by atoms with Crippen LogP contribution in [0.15, 0.2) is 21.7 Å². The number of rotatable bonds is 4. The average molecular weight is 320 g/mol. The zero-order valence-electron chi connectivity index (χ0n) is 8.15. The number of anilines is 1. The molecule has 2 heterocycles. The summed E-state index contributed by atoms with van der Waals surface area (Å²) in [6.07, 6.45) is 2.29. The Hall–Kier alpha value is -0.720. The molecule has 0 radical (unpaired) electrons. The summed E-state index contributed by atoms with van der Waals surface area (Å²) in [7, 11) is 0. The third kappa shape index (κ3) is 2.90. The van der Waals surface area contributed by atoms with E-state index in [1.165, 1.54) is 6.33 Å². The van der Waals surface area contributed by atoms with Crippen LogP contribution in [0.1, 0.15) is 5.69 Å². The van der Waals surface area contributed by atoms with E-state index in [2.05, 4.69) is 36.2 Å². The zero-order chi connectivity index (χ0) is 11.4. The molecule has 4 nitrogen and oxygen atoms in total. The topological polar surface area (TPSA) is 50.7 Å². The maximum atomic E-state index is 5.84. The number of hydrogen-bond donors (Lipinski definition) is 1. The van der Waals surface area contributed by atoms with Crippen LogP contribution in [0.5, 0.6) is 0 Å². The molecule has 2 aromatic rings. The summed E-state index contributed by atoms with van der Waals surface area (Å²) in [6, 6.07) is 0. The highest BCUT2D eigenvalue weighted by molar-refractivity contribution is 9.10. The van der Waals surface area contributed by atoms with Gasteiger partial charge < -0.3 is 5.32 Å². The Morgan fingerprint density at radius 1 is 1.38 bits per heavy atom. The van der Waals surface area contributed by atoms with Crippen molar-refractivity contribution >= 4 is 44.7 Å². The molecule has 1 N–H and O–H groups in total. The Morgan fingerprint density at radius 3 is 3.00 bits per heavy atom. The van der Waals surface area contributed by atoms with Crippen molar-refractivity contribution in [2.24, 2.45) is 0 Å². The van der Waals surface area contributed by atoms with Gasteiger partial charge in [0.25, 0.3) is 0 Å². The molecule has 0 atom stereocenters. The summed E-state index contributed by atoms with van der Waals surface area (Å²) >= 11 is 10.8. The highest BCUT2D eigenvalue weighted by Gasteiger charge is 2.05. The molecule has 0 bridgehead atoms. The lowest BCUT2D eigenvalue weighted by Gasteiger charge is -2.06. The second-order valence-electron chi connectivity index (χ2n) is 2.98. The van der Waals surface area contributed by atoms with Crippen LogP contribution in [0.3, 0.4) is 0 Å². The molecule has 0 saturated heterocycles. The van der Waals surface area contributed by atoms with Crippen molar-refractivity contribution in [1.29, 1.82) is 0 Å². The number of nitrogens with one attached hydrogen (secondary N) is 1. The molecule has 0 spiro atoms. The monoisotopic (exact) mass is 318 g/mol. The second kappa shape index (κ2) is 5.56. The van der Waals surface area contributed by atoms with Crippen LogP contribution in [0.4, 0.5) is 5.82 Å². The van der Waals surface area contributed by atoms with Gasteiger partial charge in [-0.15, -0.1) is 11.3 Å². The summed E-state index contributed by atoms with van der Waals surface area (Å²) in [5.41, 5.74) is 2.90. The smallest absolute Gasteiger partial charge is 0.148 e. The third-order valence-corrected chi connectivity index (χ3v) is 3.81. The van der Waals surface area contributed by atoms with Crippen molar-refractivity contribution in [3.05, 3.63) is 32.5 Å². The predicted molar refractivity (Wildman–Crippen MR) is 69.0 cm³/mol. The first-order valence-electron chi connectivity index (χ1n) is 4.54. The summed E-state index contributed by atoms with van der Waals surface area (Å²) in [6.45, 7) is 0.760. The standard InChI is InChI=1S/C9H8BrClN4S/c10-7-8(11)13-4-14-9(7)12-2-1-6-3-16-5-15-6/h3-5H,1-2H2,(H,12,13,14). The lowest BCUT2D eigenvalue weighted by atomic mass is 10.3. The molecule has 0 fully saturated rings. The van der Waals surface area contributed by atoms with E-state index in [1.54, 1.807) is 11.3 Å². The van der Waals surface area contributed by atoms with Gasteiger partial charge in [-0.2, -0.15) is 0 Å².